The number of aryl methyl sites for hydroxylation is 1. The third kappa shape index (κ3) is 7.54. The lowest BCUT2D eigenvalue weighted by Crippen LogP contribution is -2.32. The molecular weight excluding hydrogens is 436 g/mol. The number of fused-ring (bicyclic) bond motifs is 1. The molecule has 0 N–H and O–H groups in total. The number of ketones is 1. The van der Waals surface area contributed by atoms with Crippen LogP contribution in [0.15, 0.2) is 33.5 Å². The summed E-state index contributed by atoms with van der Waals surface area (Å²) in [4.78, 5) is 48.4. The van der Waals surface area contributed by atoms with Crippen LogP contribution in [0.1, 0.15) is 82.1 Å². The molecule has 0 saturated heterocycles. The average molecular weight is 473 g/mol. The number of benzene rings is 1. The Kier molecular flexibility index (Phi) is 10.0. The highest BCUT2D eigenvalue weighted by Crippen LogP contribution is 2.32. The van der Waals surface area contributed by atoms with E-state index in [9.17, 15) is 19.2 Å². The summed E-state index contributed by atoms with van der Waals surface area (Å²) in [6, 6.07) is 6.92. The predicted molar refractivity (Wildman–Crippen MR) is 130 cm³/mol. The Morgan fingerprint density at radius 1 is 1.03 bits per heavy atom. The normalized spacial score (nSPS) is 13.8. The van der Waals surface area contributed by atoms with Crippen molar-refractivity contribution in [3.05, 3.63) is 45.8 Å². The van der Waals surface area contributed by atoms with E-state index in [0.717, 1.165) is 18.4 Å². The van der Waals surface area contributed by atoms with Gasteiger partial charge < -0.3 is 13.9 Å². The maximum atomic E-state index is 12.5. The Bertz CT molecular complexity index is 1070. The highest BCUT2D eigenvalue weighted by Gasteiger charge is 2.35. The molecule has 0 spiro atoms. The Morgan fingerprint density at radius 3 is 2.29 bits per heavy atom. The second-order valence-electron chi connectivity index (χ2n) is 9.30. The minimum atomic E-state index is -0.707. The number of unbranched alkanes of at least 4 members (excludes halogenated alkanes) is 3. The molecule has 0 aliphatic carbocycles. The quantitative estimate of drug-likeness (QED) is 0.219. The van der Waals surface area contributed by atoms with Gasteiger partial charge in [0.2, 0.25) is 0 Å². The van der Waals surface area contributed by atoms with Gasteiger partial charge in [-0.05, 0) is 77.0 Å². The zero-order valence-electron chi connectivity index (χ0n) is 20.9. The summed E-state index contributed by atoms with van der Waals surface area (Å²) < 4.78 is 15.9. The number of rotatable bonds is 13. The van der Waals surface area contributed by atoms with Crippen LogP contribution in [0.25, 0.3) is 11.0 Å². The molecule has 2 atom stereocenters. The molecule has 0 radical (unpaired) electrons. The molecule has 0 aliphatic heterocycles. The van der Waals surface area contributed by atoms with Crippen LogP contribution in [0.5, 0.6) is 0 Å². The first-order valence-corrected chi connectivity index (χ1v) is 12.0. The van der Waals surface area contributed by atoms with E-state index in [1.54, 1.807) is 19.1 Å². The van der Waals surface area contributed by atoms with E-state index in [1.807, 2.05) is 33.8 Å². The lowest BCUT2D eigenvalue weighted by atomic mass is 9.78. The van der Waals surface area contributed by atoms with E-state index in [1.165, 1.54) is 6.07 Å². The van der Waals surface area contributed by atoms with Gasteiger partial charge in [-0.2, -0.15) is 0 Å². The van der Waals surface area contributed by atoms with E-state index in [2.05, 4.69) is 0 Å². The van der Waals surface area contributed by atoms with Crippen LogP contribution in [0.4, 0.5) is 0 Å². The van der Waals surface area contributed by atoms with E-state index in [-0.39, 0.29) is 29.8 Å². The lowest BCUT2D eigenvalue weighted by Gasteiger charge is -2.28. The molecule has 1 aromatic carbocycles. The molecular formula is C27H36O7. The molecule has 186 valence electrons. The SMILES string of the molecule is CCC(C)(CC(C)C(C)=O)C(=O)OCCCCCCOC(=O)c1cc2ccc(C)cc2oc1=O. The molecule has 7 heteroatoms. The molecule has 1 heterocycles. The van der Waals surface area contributed by atoms with Crippen LogP contribution in [-0.2, 0) is 19.1 Å². The number of ether oxygens (including phenoxy) is 2. The second kappa shape index (κ2) is 12.5. The fraction of sp³-hybridized carbons (Fsp3) is 0.556. The Morgan fingerprint density at radius 2 is 1.68 bits per heavy atom. The molecule has 0 saturated carbocycles. The van der Waals surface area contributed by atoms with Crippen molar-refractivity contribution in [3.63, 3.8) is 0 Å². The van der Waals surface area contributed by atoms with Crippen LogP contribution in [0.3, 0.4) is 0 Å². The highest BCUT2D eigenvalue weighted by molar-refractivity contribution is 5.92. The fourth-order valence-electron chi connectivity index (χ4n) is 3.69. The van der Waals surface area contributed by atoms with Gasteiger partial charge in [-0.25, -0.2) is 9.59 Å². The summed E-state index contributed by atoms with van der Waals surface area (Å²) >= 11 is 0. The van der Waals surface area contributed by atoms with E-state index < -0.39 is 17.0 Å². The van der Waals surface area contributed by atoms with Crippen molar-refractivity contribution in [1.82, 2.24) is 0 Å². The minimum Gasteiger partial charge on any atom is -0.465 e. The molecule has 0 fully saturated rings. The van der Waals surface area contributed by atoms with E-state index >= 15 is 0 Å². The van der Waals surface area contributed by atoms with Crippen molar-refractivity contribution in [2.45, 2.75) is 73.1 Å². The zero-order valence-corrected chi connectivity index (χ0v) is 20.9. The highest BCUT2D eigenvalue weighted by atomic mass is 16.5. The van der Waals surface area contributed by atoms with Crippen molar-refractivity contribution >= 4 is 28.7 Å². The smallest absolute Gasteiger partial charge is 0.351 e. The van der Waals surface area contributed by atoms with Crippen molar-refractivity contribution < 1.29 is 28.3 Å². The number of hydrogen-bond acceptors (Lipinski definition) is 7. The first-order chi connectivity index (χ1) is 16.1. The lowest BCUT2D eigenvalue weighted by molar-refractivity contribution is -0.156. The molecule has 34 heavy (non-hydrogen) atoms. The van der Waals surface area contributed by atoms with E-state index in [4.69, 9.17) is 13.9 Å². The summed E-state index contributed by atoms with van der Waals surface area (Å²) in [6.45, 7) is 9.56. The third-order valence-corrected chi connectivity index (χ3v) is 6.34. The van der Waals surface area contributed by atoms with Gasteiger partial charge in [0.1, 0.15) is 16.9 Å². The van der Waals surface area contributed by atoms with Gasteiger partial charge >= 0.3 is 17.6 Å². The summed E-state index contributed by atoms with van der Waals surface area (Å²) in [6.07, 6.45) is 4.05. The van der Waals surface area contributed by atoms with Crippen molar-refractivity contribution in [3.8, 4) is 0 Å². The van der Waals surface area contributed by atoms with E-state index in [0.29, 0.717) is 43.3 Å². The van der Waals surface area contributed by atoms with Crippen LogP contribution in [0.2, 0.25) is 0 Å². The topological polar surface area (TPSA) is 99.9 Å². The third-order valence-electron chi connectivity index (χ3n) is 6.34. The van der Waals surface area contributed by atoms with Crippen LogP contribution < -0.4 is 5.63 Å². The summed E-state index contributed by atoms with van der Waals surface area (Å²) in [5.41, 5.74) is -0.0753. The Hall–Kier alpha value is -2.96. The maximum absolute atomic E-state index is 12.5. The van der Waals surface area contributed by atoms with Crippen molar-refractivity contribution in [1.29, 1.82) is 0 Å². The van der Waals surface area contributed by atoms with Gasteiger partial charge in [0.15, 0.2) is 0 Å². The summed E-state index contributed by atoms with van der Waals surface area (Å²) in [5.74, 6) is -1.06. The molecule has 0 bridgehead atoms. The van der Waals surface area contributed by atoms with Gasteiger partial charge in [0.25, 0.3) is 0 Å². The predicted octanol–water partition coefficient (Wildman–Crippen LogP) is 5.39. The number of carbonyl (C=O) groups is 3. The number of esters is 2. The molecule has 0 aliphatic rings. The largest absolute Gasteiger partial charge is 0.465 e. The monoisotopic (exact) mass is 472 g/mol. The van der Waals surface area contributed by atoms with Crippen LogP contribution >= 0.6 is 0 Å². The molecule has 2 unspecified atom stereocenters. The van der Waals surface area contributed by atoms with Gasteiger partial charge in [-0.1, -0.05) is 26.0 Å². The van der Waals surface area contributed by atoms with Gasteiger partial charge in [-0.3, -0.25) is 9.59 Å². The first-order valence-electron chi connectivity index (χ1n) is 12.0. The van der Waals surface area contributed by atoms with Crippen LogP contribution in [0, 0.1) is 18.3 Å². The van der Waals surface area contributed by atoms with Crippen molar-refractivity contribution in [2.24, 2.45) is 11.3 Å². The maximum Gasteiger partial charge on any atom is 0.351 e. The Balaban J connectivity index is 1.68. The van der Waals surface area contributed by atoms with Gasteiger partial charge in [-0.15, -0.1) is 0 Å². The average Bonchev–Trinajstić information content (AvgIpc) is 2.79. The number of Topliss-reactive ketones (excluding diaryl/α,β-unsaturated/α-hetero) is 1. The minimum absolute atomic E-state index is 0.0738. The molecule has 7 nitrogen and oxygen atoms in total. The zero-order chi connectivity index (χ0) is 25.3. The summed E-state index contributed by atoms with van der Waals surface area (Å²) in [7, 11) is 0. The molecule has 2 rings (SSSR count). The number of carbonyl (C=O) groups excluding carboxylic acids is 3. The van der Waals surface area contributed by atoms with Crippen molar-refractivity contribution in [2.75, 3.05) is 13.2 Å². The molecule has 1 aromatic heterocycles. The Labute approximate surface area is 200 Å². The number of hydrogen-bond donors (Lipinski definition) is 0. The molecule has 2 aromatic rings. The summed E-state index contributed by atoms with van der Waals surface area (Å²) in [5, 5.41) is 0.668. The van der Waals surface area contributed by atoms with Gasteiger partial charge in [0, 0.05) is 11.3 Å². The first kappa shape index (κ1) is 27.3. The second-order valence-corrected chi connectivity index (χ2v) is 9.30. The standard InChI is InChI=1S/C27H36O7/c1-6-27(5,17-19(3)20(4)28)26(31)33-14-10-8-7-9-13-32-24(29)22-16-21-12-11-18(2)15-23(21)34-25(22)30/h11-12,15-16,19H,6-10,13-14,17H2,1-5H3. The van der Waals surface area contributed by atoms with Gasteiger partial charge in [0.05, 0.1) is 18.6 Å². The fourth-order valence-corrected chi connectivity index (χ4v) is 3.69. The molecule has 0 amide bonds. The van der Waals surface area contributed by atoms with Crippen LogP contribution in [-0.4, -0.2) is 30.9 Å².